The summed E-state index contributed by atoms with van der Waals surface area (Å²) in [6.07, 6.45) is 1.68. The van der Waals surface area contributed by atoms with Gasteiger partial charge in [0.2, 0.25) is 0 Å². The minimum absolute atomic E-state index is 0.110. The average Bonchev–Trinajstić information content (AvgIpc) is 2.70. The van der Waals surface area contributed by atoms with Crippen LogP contribution in [0.25, 0.3) is 10.9 Å². The van der Waals surface area contributed by atoms with Crippen molar-refractivity contribution < 1.29 is 13.2 Å². The molecule has 1 heterocycles. The van der Waals surface area contributed by atoms with Crippen molar-refractivity contribution >= 4 is 38.2 Å². The van der Waals surface area contributed by atoms with Crippen LogP contribution in [0, 0.1) is 0 Å². The molecule has 0 aliphatic rings. The van der Waals surface area contributed by atoms with Crippen molar-refractivity contribution in [2.45, 2.75) is 4.90 Å². The van der Waals surface area contributed by atoms with Gasteiger partial charge in [-0.1, -0.05) is 41.9 Å². The molecule has 0 radical (unpaired) electrons. The minimum atomic E-state index is -3.79. The highest BCUT2D eigenvalue weighted by Crippen LogP contribution is 2.34. The highest BCUT2D eigenvalue weighted by atomic mass is 35.5. The second kappa shape index (κ2) is 7.50. The van der Waals surface area contributed by atoms with Crippen LogP contribution in [0.3, 0.4) is 0 Å². The molecule has 7 heteroatoms. The molecule has 0 fully saturated rings. The zero-order chi connectivity index (χ0) is 19.6. The summed E-state index contributed by atoms with van der Waals surface area (Å²) in [5.74, 6) is 0.912. The van der Waals surface area contributed by atoms with E-state index in [0.717, 1.165) is 5.39 Å². The summed E-state index contributed by atoms with van der Waals surface area (Å²) in [5.41, 5.74) is 1.02. The second-order valence-corrected chi connectivity index (χ2v) is 8.11. The van der Waals surface area contributed by atoms with Crippen molar-refractivity contribution in [1.29, 1.82) is 0 Å². The van der Waals surface area contributed by atoms with Crippen molar-refractivity contribution in [1.82, 2.24) is 4.98 Å². The molecule has 3 aromatic carbocycles. The number of hydrogen-bond acceptors (Lipinski definition) is 4. The fraction of sp³-hybridized carbons (Fsp3) is 0. The normalized spacial score (nSPS) is 11.3. The largest absolute Gasteiger partial charge is 0.453 e. The molecule has 0 amide bonds. The Bertz CT molecular complexity index is 1240. The average molecular weight is 411 g/mol. The standard InChI is InChI=1S/C21H15ClN2O3S/c22-16-10-12-17(13-11-16)28(25,26)24-18-7-1-2-8-19(18)27-20-9-3-5-15-6-4-14-23-21(15)20/h1-14,24H. The van der Waals surface area contributed by atoms with E-state index in [-0.39, 0.29) is 4.90 Å². The topological polar surface area (TPSA) is 68.3 Å². The number of fused-ring (bicyclic) bond motifs is 1. The van der Waals surface area contributed by atoms with E-state index in [1.165, 1.54) is 24.3 Å². The fourth-order valence-electron chi connectivity index (χ4n) is 2.73. The number of nitrogens with zero attached hydrogens (tertiary/aromatic N) is 1. The molecule has 28 heavy (non-hydrogen) atoms. The smallest absolute Gasteiger partial charge is 0.262 e. The first-order chi connectivity index (χ1) is 13.5. The molecule has 0 aliphatic carbocycles. The Morgan fingerprint density at radius 2 is 1.54 bits per heavy atom. The summed E-state index contributed by atoms with van der Waals surface area (Å²) < 4.78 is 34.0. The number of sulfonamides is 1. The number of pyridine rings is 1. The van der Waals surface area contributed by atoms with Gasteiger partial charge in [0.05, 0.1) is 10.6 Å². The highest BCUT2D eigenvalue weighted by molar-refractivity contribution is 7.92. The Labute approximate surface area is 167 Å². The second-order valence-electron chi connectivity index (χ2n) is 5.99. The third kappa shape index (κ3) is 3.78. The van der Waals surface area contributed by atoms with Crippen LogP contribution >= 0.6 is 11.6 Å². The lowest BCUT2D eigenvalue weighted by atomic mass is 10.2. The van der Waals surface area contributed by atoms with Crippen molar-refractivity contribution in [2.75, 3.05) is 4.72 Å². The van der Waals surface area contributed by atoms with E-state index in [1.54, 1.807) is 36.5 Å². The van der Waals surface area contributed by atoms with Gasteiger partial charge in [0.15, 0.2) is 11.5 Å². The Morgan fingerprint density at radius 3 is 2.36 bits per heavy atom. The summed E-state index contributed by atoms with van der Waals surface area (Å²) in [6, 6.07) is 22.2. The van der Waals surface area contributed by atoms with Crippen molar-refractivity contribution in [2.24, 2.45) is 0 Å². The van der Waals surface area contributed by atoms with E-state index in [9.17, 15) is 8.42 Å². The van der Waals surface area contributed by atoms with E-state index in [0.29, 0.717) is 27.7 Å². The molecule has 0 bridgehead atoms. The number of benzene rings is 3. The first-order valence-corrected chi connectivity index (χ1v) is 10.3. The van der Waals surface area contributed by atoms with Gasteiger partial charge >= 0.3 is 0 Å². The molecule has 5 nitrogen and oxygen atoms in total. The van der Waals surface area contributed by atoms with Crippen LogP contribution in [-0.4, -0.2) is 13.4 Å². The van der Waals surface area contributed by atoms with Crippen molar-refractivity contribution in [3.63, 3.8) is 0 Å². The minimum Gasteiger partial charge on any atom is -0.453 e. The maximum Gasteiger partial charge on any atom is 0.262 e. The lowest BCUT2D eigenvalue weighted by molar-refractivity contribution is 0.489. The van der Waals surface area contributed by atoms with Crippen LogP contribution in [-0.2, 0) is 10.0 Å². The molecule has 0 saturated carbocycles. The van der Waals surface area contributed by atoms with Gasteiger partial charge in [-0.15, -0.1) is 0 Å². The summed E-state index contributed by atoms with van der Waals surface area (Å²) in [4.78, 5) is 4.47. The number of nitrogens with one attached hydrogen (secondary N) is 1. The number of rotatable bonds is 5. The van der Waals surface area contributed by atoms with Gasteiger partial charge in [0.1, 0.15) is 5.52 Å². The van der Waals surface area contributed by atoms with E-state index in [1.807, 2.05) is 24.3 Å². The van der Waals surface area contributed by atoms with E-state index in [2.05, 4.69) is 9.71 Å². The van der Waals surface area contributed by atoms with Crippen LogP contribution in [0.5, 0.6) is 11.5 Å². The number of halogens is 1. The Morgan fingerprint density at radius 1 is 0.821 bits per heavy atom. The molecular weight excluding hydrogens is 396 g/mol. The van der Waals surface area contributed by atoms with Crippen LogP contribution in [0.15, 0.2) is 90.0 Å². The summed E-state index contributed by atoms with van der Waals surface area (Å²) in [6.45, 7) is 0. The first-order valence-electron chi connectivity index (χ1n) is 8.42. The van der Waals surface area contributed by atoms with Gasteiger partial charge in [-0.25, -0.2) is 8.42 Å². The molecule has 0 aliphatic heterocycles. The Kier molecular flexibility index (Phi) is 4.90. The van der Waals surface area contributed by atoms with Crippen LogP contribution in [0.2, 0.25) is 5.02 Å². The van der Waals surface area contributed by atoms with Crippen LogP contribution in [0.4, 0.5) is 5.69 Å². The van der Waals surface area contributed by atoms with E-state index >= 15 is 0 Å². The molecule has 0 atom stereocenters. The Hall–Kier alpha value is -3.09. The molecule has 0 unspecified atom stereocenters. The van der Waals surface area contributed by atoms with Gasteiger partial charge in [0, 0.05) is 16.6 Å². The maximum absolute atomic E-state index is 12.7. The fourth-order valence-corrected chi connectivity index (χ4v) is 3.93. The highest BCUT2D eigenvalue weighted by Gasteiger charge is 2.17. The molecule has 0 spiro atoms. The van der Waals surface area contributed by atoms with Crippen LogP contribution < -0.4 is 9.46 Å². The molecule has 1 N–H and O–H groups in total. The molecule has 140 valence electrons. The summed E-state index contributed by atoms with van der Waals surface area (Å²) in [5, 5.41) is 1.39. The molecule has 0 saturated heterocycles. The van der Waals surface area contributed by atoms with Crippen LogP contribution in [0.1, 0.15) is 0 Å². The summed E-state index contributed by atoms with van der Waals surface area (Å²) in [7, 11) is -3.79. The summed E-state index contributed by atoms with van der Waals surface area (Å²) >= 11 is 5.84. The van der Waals surface area contributed by atoms with E-state index in [4.69, 9.17) is 16.3 Å². The third-order valence-electron chi connectivity index (χ3n) is 4.07. The van der Waals surface area contributed by atoms with Gasteiger partial charge in [-0.05, 0) is 48.5 Å². The zero-order valence-electron chi connectivity index (χ0n) is 14.5. The number of hydrogen-bond donors (Lipinski definition) is 1. The zero-order valence-corrected chi connectivity index (χ0v) is 16.1. The van der Waals surface area contributed by atoms with E-state index < -0.39 is 10.0 Å². The first kappa shape index (κ1) is 18.3. The van der Waals surface area contributed by atoms with Gasteiger partial charge < -0.3 is 4.74 Å². The lowest BCUT2D eigenvalue weighted by Crippen LogP contribution is -2.13. The Balaban J connectivity index is 1.68. The molecular formula is C21H15ClN2O3S. The van der Waals surface area contributed by atoms with Gasteiger partial charge in [-0.3, -0.25) is 9.71 Å². The monoisotopic (exact) mass is 410 g/mol. The number of para-hydroxylation sites is 3. The third-order valence-corrected chi connectivity index (χ3v) is 5.70. The lowest BCUT2D eigenvalue weighted by Gasteiger charge is -2.14. The predicted octanol–water partition coefficient (Wildman–Crippen LogP) is 5.48. The number of anilines is 1. The van der Waals surface area contributed by atoms with Crippen molar-refractivity contribution in [3.05, 3.63) is 90.1 Å². The predicted molar refractivity (Wildman–Crippen MR) is 111 cm³/mol. The SMILES string of the molecule is O=S(=O)(Nc1ccccc1Oc1cccc2cccnc12)c1ccc(Cl)cc1. The number of ether oxygens (including phenoxy) is 1. The number of aromatic nitrogens is 1. The van der Waals surface area contributed by atoms with Gasteiger partial charge in [-0.2, -0.15) is 0 Å². The maximum atomic E-state index is 12.7. The quantitative estimate of drug-likeness (QED) is 0.473. The van der Waals surface area contributed by atoms with Crippen molar-refractivity contribution in [3.8, 4) is 11.5 Å². The van der Waals surface area contributed by atoms with Gasteiger partial charge in [0.25, 0.3) is 10.0 Å². The molecule has 4 rings (SSSR count). The molecule has 1 aromatic heterocycles. The molecule has 4 aromatic rings.